The Balaban J connectivity index is 0.00000125. The Morgan fingerprint density at radius 1 is 1.12 bits per heavy atom. The van der Waals surface area contributed by atoms with Gasteiger partial charge in [-0.15, -0.1) is 0 Å². The molecular weight excluding hydrogens is 433 g/mol. The Kier molecular flexibility index (Phi) is 7.40. The Morgan fingerprint density at radius 3 is 2.47 bits per heavy atom. The lowest BCUT2D eigenvalue weighted by Gasteiger charge is -2.26. The van der Waals surface area contributed by atoms with Crippen LogP contribution in [0.1, 0.15) is 45.7 Å². The third-order valence-electron chi connectivity index (χ3n) is 5.50. The van der Waals surface area contributed by atoms with Gasteiger partial charge in [0.2, 0.25) is 0 Å². The minimum Gasteiger partial charge on any atom is -0.408 e. The molecule has 2 aromatic carbocycles. The van der Waals surface area contributed by atoms with Crippen LogP contribution in [0.25, 0.3) is 11.1 Å². The van der Waals surface area contributed by atoms with Crippen LogP contribution in [0.2, 0.25) is 0 Å². The van der Waals surface area contributed by atoms with Gasteiger partial charge in [0.15, 0.2) is 5.58 Å². The molecule has 0 unspecified atom stereocenters. The molecule has 0 saturated carbocycles. The summed E-state index contributed by atoms with van der Waals surface area (Å²) in [6.45, 7) is 7.95. The van der Waals surface area contributed by atoms with Crippen LogP contribution < -0.4 is 10.5 Å². The monoisotopic (exact) mass is 465 g/mol. The van der Waals surface area contributed by atoms with Gasteiger partial charge in [-0.25, -0.2) is 17.6 Å². The first-order chi connectivity index (χ1) is 15.2. The number of nitrogens with one attached hydrogen (secondary N) is 1. The summed E-state index contributed by atoms with van der Waals surface area (Å²) in [5.41, 5.74) is 2.15. The number of fused-ring (bicyclic) bond motifs is 1. The van der Waals surface area contributed by atoms with E-state index in [-0.39, 0.29) is 17.6 Å². The highest BCUT2D eigenvalue weighted by atomic mass is 32.2. The van der Waals surface area contributed by atoms with Crippen molar-refractivity contribution in [2.24, 2.45) is 7.05 Å². The number of sulfonamides is 1. The lowest BCUT2D eigenvalue weighted by molar-refractivity contribution is 0.221. The summed E-state index contributed by atoms with van der Waals surface area (Å²) in [5, 5.41) is 0. The summed E-state index contributed by atoms with van der Waals surface area (Å²) >= 11 is 0. The number of halogens is 1. The number of aryl methyl sites for hydroxylation is 2. The van der Waals surface area contributed by atoms with Crippen LogP contribution in [0.4, 0.5) is 10.1 Å². The fraction of sp³-hybridized carbons (Fsp3) is 0.435. The Morgan fingerprint density at radius 2 is 1.81 bits per heavy atom. The summed E-state index contributed by atoms with van der Waals surface area (Å²) in [4.78, 5) is 14.3. The molecule has 1 N–H and O–H groups in total. The van der Waals surface area contributed by atoms with Crippen LogP contribution in [-0.2, 0) is 23.6 Å². The lowest BCUT2D eigenvalue weighted by atomic mass is 10.1. The van der Waals surface area contributed by atoms with Gasteiger partial charge in [0.25, 0.3) is 10.0 Å². The van der Waals surface area contributed by atoms with Crippen LogP contribution in [0.3, 0.4) is 0 Å². The average Bonchev–Trinajstić information content (AvgIpc) is 3.06. The molecule has 0 amide bonds. The van der Waals surface area contributed by atoms with Gasteiger partial charge in [0.05, 0.1) is 10.4 Å². The summed E-state index contributed by atoms with van der Waals surface area (Å²) in [7, 11) is -2.35. The fourth-order valence-corrected chi connectivity index (χ4v) is 5.02. The molecule has 0 bridgehead atoms. The van der Waals surface area contributed by atoms with Crippen molar-refractivity contribution in [1.82, 2.24) is 9.47 Å². The van der Waals surface area contributed by atoms with Crippen molar-refractivity contribution in [1.29, 1.82) is 0 Å². The largest absolute Gasteiger partial charge is 0.419 e. The summed E-state index contributed by atoms with van der Waals surface area (Å²) in [6, 6.07) is 6.96. The highest BCUT2D eigenvalue weighted by Crippen LogP contribution is 2.27. The molecule has 7 nitrogen and oxygen atoms in total. The number of benzene rings is 2. The van der Waals surface area contributed by atoms with Crippen LogP contribution in [0.5, 0.6) is 0 Å². The third-order valence-corrected chi connectivity index (χ3v) is 6.86. The zero-order valence-electron chi connectivity index (χ0n) is 18.9. The second kappa shape index (κ2) is 9.87. The molecule has 4 rings (SSSR count). The van der Waals surface area contributed by atoms with Gasteiger partial charge in [-0.3, -0.25) is 14.2 Å². The van der Waals surface area contributed by atoms with Gasteiger partial charge in [0.1, 0.15) is 5.82 Å². The predicted molar refractivity (Wildman–Crippen MR) is 126 cm³/mol. The zero-order valence-corrected chi connectivity index (χ0v) is 19.8. The van der Waals surface area contributed by atoms with E-state index in [4.69, 9.17) is 4.42 Å². The molecule has 0 radical (unpaired) electrons. The number of piperidine rings is 1. The van der Waals surface area contributed by atoms with Gasteiger partial charge in [-0.2, -0.15) is 0 Å². The molecule has 3 aromatic rings. The van der Waals surface area contributed by atoms with E-state index in [1.54, 1.807) is 20.0 Å². The smallest absolute Gasteiger partial charge is 0.408 e. The fourth-order valence-electron chi connectivity index (χ4n) is 3.91. The first-order valence-electron chi connectivity index (χ1n) is 10.9. The molecule has 2 heterocycles. The number of likely N-dealkylation sites (tertiary alicyclic amines) is 1. The highest BCUT2D eigenvalue weighted by Gasteiger charge is 2.22. The second-order valence-corrected chi connectivity index (χ2v) is 9.44. The normalized spacial score (nSPS) is 14.8. The van der Waals surface area contributed by atoms with E-state index in [9.17, 15) is 17.6 Å². The number of anilines is 1. The number of oxazole rings is 1. The van der Waals surface area contributed by atoms with Crippen molar-refractivity contribution in [2.75, 3.05) is 17.8 Å². The molecule has 176 valence electrons. The molecular formula is C23H32FN3O4S. The number of hydrogen-bond donors (Lipinski definition) is 1. The topological polar surface area (TPSA) is 84.6 Å². The first kappa shape index (κ1) is 24.0. The molecule has 0 spiro atoms. The standard InChI is InChI=1S/C21H24FN3O4S.C2H6.H2/c1-14-10-16(6-7-18(14)22)23-30(27,28)17-11-15(13-25-8-4-3-5-9-25)20-19(12-17)29-21(26)24(20)2;1-2;/h6-7,10-12,23H,3-5,8-9,13H2,1-2H3;1-2H3;1H. The Labute approximate surface area is 189 Å². The van der Waals surface area contributed by atoms with Crippen molar-refractivity contribution in [3.05, 3.63) is 57.8 Å². The van der Waals surface area contributed by atoms with Crippen LogP contribution in [0.15, 0.2) is 44.4 Å². The molecule has 1 fully saturated rings. The molecule has 0 atom stereocenters. The van der Waals surface area contributed by atoms with Crippen molar-refractivity contribution in [3.8, 4) is 0 Å². The quantitative estimate of drug-likeness (QED) is 0.594. The van der Waals surface area contributed by atoms with E-state index in [0.29, 0.717) is 17.6 Å². The van der Waals surface area contributed by atoms with E-state index in [0.717, 1.165) is 31.5 Å². The first-order valence-corrected chi connectivity index (χ1v) is 12.4. The van der Waals surface area contributed by atoms with Crippen LogP contribution in [0, 0.1) is 12.7 Å². The predicted octanol–water partition coefficient (Wildman–Crippen LogP) is 4.64. The zero-order chi connectivity index (χ0) is 23.5. The third kappa shape index (κ3) is 5.05. The SMILES string of the molecule is CC.Cc1cc(NS(=O)(=O)c2cc(CN3CCCCC3)c3c(c2)oc(=O)n3C)ccc1F.[HH]. The van der Waals surface area contributed by atoms with Crippen molar-refractivity contribution < 1.29 is 18.7 Å². The average molecular weight is 466 g/mol. The van der Waals surface area contributed by atoms with Crippen molar-refractivity contribution in [2.45, 2.75) is 51.5 Å². The van der Waals surface area contributed by atoms with Gasteiger partial charge in [-0.1, -0.05) is 20.3 Å². The van der Waals surface area contributed by atoms with E-state index >= 15 is 0 Å². The van der Waals surface area contributed by atoms with E-state index in [1.807, 2.05) is 13.8 Å². The summed E-state index contributed by atoms with van der Waals surface area (Å²) in [5.74, 6) is -0.948. The van der Waals surface area contributed by atoms with E-state index in [1.165, 1.54) is 35.3 Å². The van der Waals surface area contributed by atoms with Crippen molar-refractivity contribution >= 4 is 26.8 Å². The van der Waals surface area contributed by atoms with Gasteiger partial charge < -0.3 is 4.42 Å². The molecule has 1 aliphatic rings. The maximum atomic E-state index is 13.5. The second-order valence-electron chi connectivity index (χ2n) is 7.76. The minimum atomic E-state index is -3.96. The Bertz CT molecular complexity index is 1260. The number of rotatable bonds is 5. The van der Waals surface area contributed by atoms with Crippen LogP contribution in [-0.4, -0.2) is 31.0 Å². The minimum absolute atomic E-state index is 0. The van der Waals surface area contributed by atoms with Gasteiger partial charge >= 0.3 is 5.76 Å². The highest BCUT2D eigenvalue weighted by molar-refractivity contribution is 7.92. The molecule has 1 saturated heterocycles. The maximum absolute atomic E-state index is 13.5. The molecule has 9 heteroatoms. The number of nitrogens with zero attached hydrogens (tertiary/aromatic N) is 2. The maximum Gasteiger partial charge on any atom is 0.419 e. The van der Waals surface area contributed by atoms with Gasteiger partial charge in [0, 0.05) is 26.8 Å². The summed E-state index contributed by atoms with van der Waals surface area (Å²) in [6.07, 6.45) is 3.37. The molecule has 1 aromatic heterocycles. The van der Waals surface area contributed by atoms with Crippen molar-refractivity contribution in [3.63, 3.8) is 0 Å². The lowest BCUT2D eigenvalue weighted by Crippen LogP contribution is -2.29. The molecule has 0 aliphatic carbocycles. The molecule has 32 heavy (non-hydrogen) atoms. The number of hydrogen-bond acceptors (Lipinski definition) is 5. The number of aromatic nitrogens is 1. The summed E-state index contributed by atoms with van der Waals surface area (Å²) < 4.78 is 48.8. The molecule has 1 aliphatic heterocycles. The Hall–Kier alpha value is -2.65. The van der Waals surface area contributed by atoms with Crippen LogP contribution >= 0.6 is 0 Å². The van der Waals surface area contributed by atoms with E-state index in [2.05, 4.69) is 9.62 Å². The van der Waals surface area contributed by atoms with Gasteiger partial charge in [-0.05, 0) is 68.2 Å². The van der Waals surface area contributed by atoms with E-state index < -0.39 is 21.6 Å².